The molecule has 0 fully saturated rings. The van der Waals surface area contributed by atoms with Gasteiger partial charge in [-0.1, -0.05) is 0 Å². The lowest BCUT2D eigenvalue weighted by atomic mass is 10.2. The third-order valence-corrected chi connectivity index (χ3v) is 2.15. The Morgan fingerprint density at radius 2 is 2.27 bits per heavy atom. The fourth-order valence-electron chi connectivity index (χ4n) is 1.38. The Morgan fingerprint density at radius 3 is 2.93 bits per heavy atom. The highest BCUT2D eigenvalue weighted by Crippen LogP contribution is 2.14. The van der Waals surface area contributed by atoms with Crippen LogP contribution in [0.15, 0.2) is 18.6 Å². The molecule has 1 amide bonds. The number of nitrogens with zero attached hydrogens (tertiary/aromatic N) is 3. The second-order valence-corrected chi connectivity index (χ2v) is 3.03. The van der Waals surface area contributed by atoms with Gasteiger partial charge >= 0.3 is 0 Å². The number of nitrogens with one attached hydrogen (secondary N) is 2. The Balaban J connectivity index is 2.68. The van der Waals surface area contributed by atoms with E-state index in [0.29, 0.717) is 11.2 Å². The normalized spacial score (nSPS) is 10.3. The topological polar surface area (TPSA) is 71.3 Å². The molecule has 0 spiro atoms. The Kier molecular flexibility index (Phi) is 2.24. The first kappa shape index (κ1) is 9.45. The number of carbonyl (C=O) groups excluding carboxylic acids is 1. The van der Waals surface area contributed by atoms with Gasteiger partial charge in [-0.25, -0.2) is 0 Å². The molecule has 0 bridgehead atoms. The van der Waals surface area contributed by atoms with E-state index in [4.69, 9.17) is 0 Å². The van der Waals surface area contributed by atoms with Gasteiger partial charge in [0, 0.05) is 20.3 Å². The van der Waals surface area contributed by atoms with Gasteiger partial charge in [0.25, 0.3) is 5.91 Å². The largest absolute Gasteiger partial charge is 0.387 e. The van der Waals surface area contributed by atoms with E-state index < -0.39 is 0 Å². The highest BCUT2D eigenvalue weighted by atomic mass is 16.1. The Labute approximate surface area is 86.3 Å². The zero-order valence-electron chi connectivity index (χ0n) is 8.48. The zero-order valence-corrected chi connectivity index (χ0v) is 8.48. The molecule has 0 aliphatic carbocycles. The summed E-state index contributed by atoms with van der Waals surface area (Å²) in [5.74, 6) is -0.176. The van der Waals surface area contributed by atoms with E-state index >= 15 is 0 Å². The number of hydrogen-bond acceptors (Lipinski definition) is 4. The molecule has 2 rings (SSSR count). The van der Waals surface area contributed by atoms with Crippen LogP contribution in [0.4, 0.5) is 5.69 Å². The summed E-state index contributed by atoms with van der Waals surface area (Å²) in [4.78, 5) is 11.6. The summed E-state index contributed by atoms with van der Waals surface area (Å²) in [6.45, 7) is 0. The summed E-state index contributed by atoms with van der Waals surface area (Å²) in [5, 5.41) is 13.2. The average molecular weight is 205 g/mol. The van der Waals surface area contributed by atoms with Crippen LogP contribution in [0.2, 0.25) is 0 Å². The highest BCUT2D eigenvalue weighted by Gasteiger charge is 2.11. The summed E-state index contributed by atoms with van der Waals surface area (Å²) in [6, 6.07) is 1.74. The lowest BCUT2D eigenvalue weighted by Gasteiger charge is -2.05. The maximum absolute atomic E-state index is 11.6. The van der Waals surface area contributed by atoms with Crippen molar-refractivity contribution in [2.24, 2.45) is 0 Å². The first-order valence-electron chi connectivity index (χ1n) is 4.49. The lowest BCUT2D eigenvalue weighted by Crippen LogP contribution is -2.19. The van der Waals surface area contributed by atoms with E-state index in [9.17, 15) is 4.79 Å². The van der Waals surface area contributed by atoms with Crippen LogP contribution in [-0.4, -0.2) is 34.6 Å². The molecule has 0 radical (unpaired) electrons. The van der Waals surface area contributed by atoms with Crippen LogP contribution in [0.1, 0.15) is 10.4 Å². The average Bonchev–Trinajstić information content (AvgIpc) is 2.74. The van der Waals surface area contributed by atoms with Gasteiger partial charge in [0.2, 0.25) is 0 Å². The predicted octanol–water partition coefficient (Wildman–Crippen LogP) is 0.131. The minimum atomic E-state index is -0.176. The number of amides is 1. The molecule has 0 aromatic carbocycles. The Hall–Kier alpha value is -2.11. The van der Waals surface area contributed by atoms with Gasteiger partial charge in [0.1, 0.15) is 6.33 Å². The van der Waals surface area contributed by atoms with Crippen molar-refractivity contribution in [2.45, 2.75) is 0 Å². The summed E-state index contributed by atoms with van der Waals surface area (Å²) < 4.78 is 1.70. The van der Waals surface area contributed by atoms with Crippen LogP contribution in [0.5, 0.6) is 0 Å². The highest BCUT2D eigenvalue weighted by molar-refractivity contribution is 6.00. The van der Waals surface area contributed by atoms with Gasteiger partial charge in [0.05, 0.1) is 11.3 Å². The van der Waals surface area contributed by atoms with Crippen LogP contribution < -0.4 is 10.6 Å². The summed E-state index contributed by atoms with van der Waals surface area (Å²) in [7, 11) is 3.38. The monoisotopic (exact) mass is 205 g/mol. The summed E-state index contributed by atoms with van der Waals surface area (Å²) >= 11 is 0. The van der Waals surface area contributed by atoms with Crippen LogP contribution in [0.25, 0.3) is 5.65 Å². The third-order valence-electron chi connectivity index (χ3n) is 2.15. The third kappa shape index (κ3) is 1.50. The molecule has 0 saturated carbocycles. The molecule has 0 unspecified atom stereocenters. The standard InChI is InChI=1S/C9H11N5O/c1-10-6-3-7(9(15)11-2)8-13-12-5-14(8)4-6/h3-5,10H,1-2H3,(H,11,15). The molecule has 15 heavy (non-hydrogen) atoms. The van der Waals surface area contributed by atoms with E-state index in [1.807, 2.05) is 6.20 Å². The van der Waals surface area contributed by atoms with Crippen LogP contribution in [0.3, 0.4) is 0 Å². The maximum Gasteiger partial charge on any atom is 0.254 e. The lowest BCUT2D eigenvalue weighted by molar-refractivity contribution is 0.0964. The molecule has 6 nitrogen and oxygen atoms in total. The zero-order chi connectivity index (χ0) is 10.8. The van der Waals surface area contributed by atoms with Crippen molar-refractivity contribution in [3.05, 3.63) is 24.2 Å². The minimum absolute atomic E-state index is 0.176. The number of carbonyl (C=O) groups is 1. The van der Waals surface area contributed by atoms with Gasteiger partial charge in [-0.15, -0.1) is 10.2 Å². The number of aromatic nitrogens is 3. The Bertz CT molecular complexity index is 504. The molecular formula is C9H11N5O. The molecule has 2 heterocycles. The summed E-state index contributed by atoms with van der Waals surface area (Å²) in [6.07, 6.45) is 3.38. The smallest absolute Gasteiger partial charge is 0.254 e. The van der Waals surface area contributed by atoms with Crippen LogP contribution in [0, 0.1) is 0 Å². The quantitative estimate of drug-likeness (QED) is 0.731. The van der Waals surface area contributed by atoms with E-state index in [-0.39, 0.29) is 5.91 Å². The van der Waals surface area contributed by atoms with Gasteiger partial charge < -0.3 is 10.6 Å². The molecule has 0 aliphatic rings. The van der Waals surface area contributed by atoms with Gasteiger partial charge in [-0.2, -0.15) is 0 Å². The van der Waals surface area contributed by atoms with E-state index in [0.717, 1.165) is 5.69 Å². The van der Waals surface area contributed by atoms with E-state index in [1.165, 1.54) is 0 Å². The molecule has 78 valence electrons. The van der Waals surface area contributed by atoms with Crippen molar-refractivity contribution in [1.82, 2.24) is 19.9 Å². The van der Waals surface area contributed by atoms with Crippen molar-refractivity contribution < 1.29 is 4.79 Å². The maximum atomic E-state index is 11.6. The molecule has 6 heteroatoms. The second kappa shape index (κ2) is 3.56. The first-order chi connectivity index (χ1) is 7.26. The minimum Gasteiger partial charge on any atom is -0.387 e. The van der Waals surface area contributed by atoms with Gasteiger partial charge in [-0.3, -0.25) is 9.20 Å². The van der Waals surface area contributed by atoms with E-state index in [1.54, 1.807) is 30.9 Å². The number of rotatable bonds is 2. The number of fused-ring (bicyclic) bond motifs is 1. The number of hydrogen-bond donors (Lipinski definition) is 2. The molecule has 0 saturated heterocycles. The summed E-state index contributed by atoms with van der Waals surface area (Å²) in [5.41, 5.74) is 1.89. The molecule has 2 aromatic rings. The molecule has 2 aromatic heterocycles. The van der Waals surface area contributed by atoms with Gasteiger partial charge in [0.15, 0.2) is 5.65 Å². The molecule has 0 aliphatic heterocycles. The van der Waals surface area contributed by atoms with Crippen molar-refractivity contribution in [2.75, 3.05) is 19.4 Å². The number of pyridine rings is 1. The molecule has 2 N–H and O–H groups in total. The van der Waals surface area contributed by atoms with Crippen molar-refractivity contribution in [3.8, 4) is 0 Å². The van der Waals surface area contributed by atoms with Crippen LogP contribution in [-0.2, 0) is 0 Å². The van der Waals surface area contributed by atoms with E-state index in [2.05, 4.69) is 20.8 Å². The molecular weight excluding hydrogens is 194 g/mol. The van der Waals surface area contributed by atoms with Gasteiger partial charge in [-0.05, 0) is 6.07 Å². The van der Waals surface area contributed by atoms with Crippen molar-refractivity contribution in [3.63, 3.8) is 0 Å². The Morgan fingerprint density at radius 1 is 1.47 bits per heavy atom. The van der Waals surface area contributed by atoms with Crippen LogP contribution >= 0.6 is 0 Å². The first-order valence-corrected chi connectivity index (χ1v) is 4.49. The SMILES string of the molecule is CNC(=O)c1cc(NC)cn2cnnc12. The van der Waals surface area contributed by atoms with Crippen molar-refractivity contribution in [1.29, 1.82) is 0 Å². The van der Waals surface area contributed by atoms with Crippen molar-refractivity contribution >= 4 is 17.2 Å². The second-order valence-electron chi connectivity index (χ2n) is 3.03. The fraction of sp³-hybridized carbons (Fsp3) is 0.222. The number of anilines is 1. The predicted molar refractivity (Wildman–Crippen MR) is 55.9 cm³/mol. The molecule has 0 atom stereocenters. The fourth-order valence-corrected chi connectivity index (χ4v) is 1.38.